The molecule has 0 aliphatic rings. The zero-order valence-corrected chi connectivity index (χ0v) is 17.3. The molecular formula is C19H19Br2N3O. The highest BCUT2D eigenvalue weighted by atomic mass is 79.9. The first-order chi connectivity index (χ1) is 12.0. The van der Waals surface area contributed by atoms with Crippen molar-refractivity contribution >= 4 is 54.5 Å². The number of pyridine rings is 1. The maximum atomic E-state index is 12.9. The molecule has 1 atom stereocenters. The molecule has 1 unspecified atom stereocenters. The molecule has 0 saturated carbocycles. The summed E-state index contributed by atoms with van der Waals surface area (Å²) in [6.45, 7) is 4.16. The van der Waals surface area contributed by atoms with Gasteiger partial charge in [-0.3, -0.25) is 4.79 Å². The van der Waals surface area contributed by atoms with E-state index in [4.69, 9.17) is 0 Å². The van der Waals surface area contributed by atoms with Gasteiger partial charge in [0, 0.05) is 32.2 Å². The van der Waals surface area contributed by atoms with Crippen molar-refractivity contribution in [2.75, 3.05) is 5.32 Å². The number of benzene rings is 1. The Hall–Kier alpha value is -1.66. The van der Waals surface area contributed by atoms with E-state index in [1.807, 2.05) is 12.1 Å². The van der Waals surface area contributed by atoms with Crippen molar-refractivity contribution in [3.05, 3.63) is 57.2 Å². The Kier molecular flexibility index (Phi) is 5.59. The van der Waals surface area contributed by atoms with Crippen LogP contribution in [0.5, 0.6) is 0 Å². The molecular weight excluding hydrogens is 446 g/mol. The number of hydrogen-bond donors (Lipinski definition) is 1. The predicted octanol–water partition coefficient (Wildman–Crippen LogP) is 5.85. The molecule has 25 heavy (non-hydrogen) atoms. The van der Waals surface area contributed by atoms with E-state index in [1.54, 1.807) is 12.3 Å². The largest absolute Gasteiger partial charge is 0.335 e. The molecule has 4 nitrogen and oxygen atoms in total. The van der Waals surface area contributed by atoms with Crippen LogP contribution in [0.1, 0.15) is 31.4 Å². The maximum Gasteiger partial charge on any atom is 0.248 e. The van der Waals surface area contributed by atoms with Gasteiger partial charge in [0.1, 0.15) is 11.9 Å². The minimum atomic E-state index is -0.271. The lowest BCUT2D eigenvalue weighted by Crippen LogP contribution is -2.26. The second-order valence-corrected chi connectivity index (χ2v) is 7.87. The molecule has 0 spiro atoms. The average Bonchev–Trinajstić information content (AvgIpc) is 2.90. The normalized spacial score (nSPS) is 12.3. The van der Waals surface area contributed by atoms with Crippen molar-refractivity contribution in [2.24, 2.45) is 0 Å². The number of carbonyl (C=O) groups excluding carboxylic acids is 1. The van der Waals surface area contributed by atoms with Gasteiger partial charge in [0.2, 0.25) is 5.91 Å². The van der Waals surface area contributed by atoms with Gasteiger partial charge < -0.3 is 9.88 Å². The lowest BCUT2D eigenvalue weighted by Gasteiger charge is -2.19. The van der Waals surface area contributed by atoms with E-state index in [-0.39, 0.29) is 11.9 Å². The molecule has 0 aliphatic heterocycles. The van der Waals surface area contributed by atoms with Crippen LogP contribution in [-0.2, 0) is 4.79 Å². The molecule has 130 valence electrons. The van der Waals surface area contributed by atoms with Gasteiger partial charge in [0.15, 0.2) is 0 Å². The van der Waals surface area contributed by atoms with Gasteiger partial charge in [-0.1, -0.05) is 29.3 Å². The Morgan fingerprint density at radius 1 is 1.24 bits per heavy atom. The number of rotatable bonds is 5. The Bertz CT molecular complexity index is 903. The summed E-state index contributed by atoms with van der Waals surface area (Å²) < 4.78 is 4.00. The van der Waals surface area contributed by atoms with Gasteiger partial charge in [0.05, 0.1) is 0 Å². The average molecular weight is 465 g/mol. The highest BCUT2D eigenvalue weighted by Crippen LogP contribution is 2.29. The fraction of sp³-hybridized carbons (Fsp3) is 0.263. The lowest BCUT2D eigenvalue weighted by atomic mass is 10.1. The summed E-state index contributed by atoms with van der Waals surface area (Å²) in [7, 11) is 0. The summed E-state index contributed by atoms with van der Waals surface area (Å²) in [5.74, 6) is 0.515. The summed E-state index contributed by atoms with van der Waals surface area (Å²) in [6, 6.07) is 9.55. The van der Waals surface area contributed by atoms with E-state index < -0.39 is 0 Å². The number of nitrogens with zero attached hydrogens (tertiary/aromatic N) is 2. The van der Waals surface area contributed by atoms with Gasteiger partial charge >= 0.3 is 0 Å². The highest BCUT2D eigenvalue weighted by Gasteiger charge is 2.22. The topological polar surface area (TPSA) is 46.9 Å². The van der Waals surface area contributed by atoms with Crippen LogP contribution in [0.25, 0.3) is 10.9 Å². The minimum absolute atomic E-state index is 0.0449. The van der Waals surface area contributed by atoms with E-state index in [0.717, 1.165) is 38.3 Å². The van der Waals surface area contributed by atoms with E-state index in [1.165, 1.54) is 0 Å². The first-order valence-electron chi connectivity index (χ1n) is 8.18. The Balaban J connectivity index is 1.95. The van der Waals surface area contributed by atoms with Crippen molar-refractivity contribution in [1.29, 1.82) is 0 Å². The Morgan fingerprint density at radius 2 is 2.00 bits per heavy atom. The van der Waals surface area contributed by atoms with Crippen LogP contribution in [0, 0.1) is 6.92 Å². The summed E-state index contributed by atoms with van der Waals surface area (Å²) in [6.07, 6.45) is 5.42. The molecule has 1 aromatic carbocycles. The van der Waals surface area contributed by atoms with Crippen LogP contribution in [0.4, 0.5) is 5.82 Å². The number of amides is 1. The number of halogens is 2. The van der Waals surface area contributed by atoms with Gasteiger partial charge in [-0.2, -0.15) is 0 Å². The zero-order chi connectivity index (χ0) is 18.0. The molecule has 0 radical (unpaired) electrons. The molecule has 0 saturated heterocycles. The third-order valence-corrected chi connectivity index (χ3v) is 5.14. The van der Waals surface area contributed by atoms with Crippen LogP contribution >= 0.6 is 31.9 Å². The number of aromatic nitrogens is 2. The predicted molar refractivity (Wildman–Crippen MR) is 109 cm³/mol. The molecule has 0 bridgehead atoms. The molecule has 3 rings (SSSR count). The van der Waals surface area contributed by atoms with Crippen LogP contribution < -0.4 is 5.32 Å². The quantitative estimate of drug-likeness (QED) is 0.514. The number of hydrogen-bond acceptors (Lipinski definition) is 2. The standard InChI is InChI=1S/C19H19Br2N3O/c1-3-4-17(19(25)23-18-8-6-14(21)10-22-18)24-11-12(2)15-9-13(20)5-7-16(15)24/h5-11,17H,3-4H2,1-2H3,(H,22,23,25). The van der Waals surface area contributed by atoms with Crippen LogP contribution in [0.3, 0.4) is 0 Å². The molecule has 2 aromatic heterocycles. The smallest absolute Gasteiger partial charge is 0.248 e. The van der Waals surface area contributed by atoms with E-state index in [2.05, 4.69) is 78.9 Å². The van der Waals surface area contributed by atoms with Crippen molar-refractivity contribution in [3.8, 4) is 0 Å². The van der Waals surface area contributed by atoms with Crippen molar-refractivity contribution < 1.29 is 4.79 Å². The second-order valence-electron chi connectivity index (χ2n) is 6.04. The molecule has 3 aromatic rings. The molecule has 0 fully saturated rings. The minimum Gasteiger partial charge on any atom is -0.335 e. The molecule has 0 aliphatic carbocycles. The number of anilines is 1. The maximum absolute atomic E-state index is 12.9. The number of carbonyl (C=O) groups is 1. The number of nitrogens with one attached hydrogen (secondary N) is 1. The third kappa shape index (κ3) is 3.96. The summed E-state index contributed by atoms with van der Waals surface area (Å²) in [5, 5.41) is 4.09. The Labute approximate surface area is 163 Å². The van der Waals surface area contributed by atoms with Crippen molar-refractivity contribution in [1.82, 2.24) is 9.55 Å². The van der Waals surface area contributed by atoms with Crippen LogP contribution in [0.15, 0.2) is 51.7 Å². The van der Waals surface area contributed by atoms with Gasteiger partial charge in [-0.15, -0.1) is 0 Å². The number of fused-ring (bicyclic) bond motifs is 1. The van der Waals surface area contributed by atoms with Crippen LogP contribution in [0.2, 0.25) is 0 Å². The van der Waals surface area contributed by atoms with Gasteiger partial charge in [-0.05, 0) is 65.2 Å². The van der Waals surface area contributed by atoms with Crippen molar-refractivity contribution in [3.63, 3.8) is 0 Å². The first kappa shape index (κ1) is 18.1. The Morgan fingerprint density at radius 3 is 2.68 bits per heavy atom. The molecule has 1 N–H and O–H groups in total. The highest BCUT2D eigenvalue weighted by molar-refractivity contribution is 9.10. The van der Waals surface area contributed by atoms with Gasteiger partial charge in [0.25, 0.3) is 0 Å². The monoisotopic (exact) mass is 463 g/mol. The van der Waals surface area contributed by atoms with E-state index in [0.29, 0.717) is 5.82 Å². The van der Waals surface area contributed by atoms with Gasteiger partial charge in [-0.25, -0.2) is 4.98 Å². The second kappa shape index (κ2) is 7.70. The fourth-order valence-electron chi connectivity index (χ4n) is 2.98. The summed E-state index contributed by atoms with van der Waals surface area (Å²) in [5.41, 5.74) is 2.23. The fourth-order valence-corrected chi connectivity index (χ4v) is 3.58. The van der Waals surface area contributed by atoms with E-state index in [9.17, 15) is 4.79 Å². The van der Waals surface area contributed by atoms with Crippen molar-refractivity contribution in [2.45, 2.75) is 32.7 Å². The number of aryl methyl sites for hydroxylation is 1. The van der Waals surface area contributed by atoms with Crippen LogP contribution in [-0.4, -0.2) is 15.5 Å². The van der Waals surface area contributed by atoms with E-state index >= 15 is 0 Å². The molecule has 2 heterocycles. The first-order valence-corrected chi connectivity index (χ1v) is 9.77. The molecule has 1 amide bonds. The summed E-state index contributed by atoms with van der Waals surface area (Å²) in [4.78, 5) is 17.2. The summed E-state index contributed by atoms with van der Waals surface area (Å²) >= 11 is 6.88. The SMILES string of the molecule is CCCC(C(=O)Nc1ccc(Br)cn1)n1cc(C)c2cc(Br)ccc21. The molecule has 6 heteroatoms. The zero-order valence-electron chi connectivity index (χ0n) is 14.1. The third-order valence-electron chi connectivity index (χ3n) is 4.17. The lowest BCUT2D eigenvalue weighted by molar-refractivity contribution is -0.119.